The van der Waals surface area contributed by atoms with Gasteiger partial charge in [-0.2, -0.15) is 18.3 Å². The fourth-order valence-electron chi connectivity index (χ4n) is 3.95. The molecule has 4 heterocycles. The average Bonchev–Trinajstić information content (AvgIpc) is 3.38. The number of anilines is 1. The van der Waals surface area contributed by atoms with E-state index in [0.29, 0.717) is 30.0 Å². The van der Waals surface area contributed by atoms with Gasteiger partial charge in [0, 0.05) is 29.6 Å². The molecule has 3 aromatic heterocycles. The van der Waals surface area contributed by atoms with E-state index >= 15 is 0 Å². The largest absolute Gasteiger partial charge is 0.416 e. The van der Waals surface area contributed by atoms with Gasteiger partial charge in [0.05, 0.1) is 30.2 Å². The molecule has 162 valence electrons. The van der Waals surface area contributed by atoms with Gasteiger partial charge in [-0.15, -0.1) is 0 Å². The lowest BCUT2D eigenvalue weighted by Crippen LogP contribution is -2.40. The summed E-state index contributed by atoms with van der Waals surface area (Å²) in [5.41, 5.74) is 3.22. The van der Waals surface area contributed by atoms with Crippen molar-refractivity contribution in [2.75, 3.05) is 11.4 Å². The zero-order valence-corrected chi connectivity index (χ0v) is 17.0. The lowest BCUT2D eigenvalue weighted by Gasteiger charge is -2.28. The van der Waals surface area contributed by atoms with Crippen molar-refractivity contribution in [1.29, 1.82) is 0 Å². The van der Waals surface area contributed by atoms with Gasteiger partial charge in [-0.1, -0.05) is 6.08 Å². The highest BCUT2D eigenvalue weighted by molar-refractivity contribution is 6.09. The summed E-state index contributed by atoms with van der Waals surface area (Å²) in [5, 5.41) is 4.37. The van der Waals surface area contributed by atoms with Gasteiger partial charge in [-0.25, -0.2) is 4.98 Å². The number of alkyl halides is 3. The van der Waals surface area contributed by atoms with Gasteiger partial charge in [-0.3, -0.25) is 13.9 Å². The van der Waals surface area contributed by atoms with Gasteiger partial charge in [0.1, 0.15) is 11.3 Å². The molecule has 32 heavy (non-hydrogen) atoms. The lowest BCUT2D eigenvalue weighted by atomic mass is 10.1. The smallest absolute Gasteiger partial charge is 0.305 e. The van der Waals surface area contributed by atoms with E-state index in [2.05, 4.69) is 10.1 Å². The first kappa shape index (κ1) is 20.0. The number of rotatable bonds is 3. The molecule has 0 fully saturated rings. The second-order valence-electron chi connectivity index (χ2n) is 7.46. The van der Waals surface area contributed by atoms with Gasteiger partial charge >= 0.3 is 6.18 Å². The minimum Gasteiger partial charge on any atom is -0.305 e. The third kappa shape index (κ3) is 3.26. The molecule has 1 aliphatic heterocycles. The quantitative estimate of drug-likeness (QED) is 0.458. The molecule has 9 heteroatoms. The number of halogens is 3. The first-order valence-corrected chi connectivity index (χ1v) is 10.0. The number of benzene rings is 1. The van der Waals surface area contributed by atoms with Gasteiger partial charge in [-0.05, 0) is 49.4 Å². The van der Waals surface area contributed by atoms with Crippen LogP contribution in [-0.4, -0.2) is 31.6 Å². The molecule has 1 aromatic carbocycles. The van der Waals surface area contributed by atoms with Crippen LogP contribution in [0.25, 0.3) is 22.9 Å². The first-order valence-electron chi connectivity index (χ1n) is 10.0. The normalized spacial score (nSPS) is 14.5. The maximum atomic E-state index is 13.3. The Morgan fingerprint density at radius 2 is 1.81 bits per heavy atom. The molecule has 5 rings (SSSR count). The summed E-state index contributed by atoms with van der Waals surface area (Å²) in [5.74, 6) is -0.303. The van der Waals surface area contributed by atoms with Crippen molar-refractivity contribution in [2.45, 2.75) is 19.6 Å². The van der Waals surface area contributed by atoms with E-state index < -0.39 is 11.7 Å². The van der Waals surface area contributed by atoms with Crippen molar-refractivity contribution < 1.29 is 18.0 Å². The molecule has 1 amide bonds. The molecule has 0 N–H and O–H groups in total. The Kier molecular flexibility index (Phi) is 4.61. The molecule has 4 aromatic rings. The second kappa shape index (κ2) is 7.37. The summed E-state index contributed by atoms with van der Waals surface area (Å²) >= 11 is 0. The molecule has 0 unspecified atom stereocenters. The maximum Gasteiger partial charge on any atom is 0.416 e. The number of imidazole rings is 1. The van der Waals surface area contributed by atoms with E-state index in [9.17, 15) is 18.0 Å². The van der Waals surface area contributed by atoms with E-state index in [1.807, 2.05) is 41.8 Å². The Morgan fingerprint density at radius 3 is 2.53 bits per heavy atom. The van der Waals surface area contributed by atoms with Crippen molar-refractivity contribution in [1.82, 2.24) is 19.2 Å². The number of amides is 1. The molecule has 0 radical (unpaired) electrons. The Bertz CT molecular complexity index is 1350. The zero-order valence-electron chi connectivity index (χ0n) is 17.0. The van der Waals surface area contributed by atoms with Gasteiger partial charge in [0.25, 0.3) is 5.91 Å². The molecule has 0 saturated carbocycles. The number of fused-ring (bicyclic) bond motifs is 2. The maximum absolute atomic E-state index is 13.3. The van der Waals surface area contributed by atoms with Gasteiger partial charge in [0.2, 0.25) is 0 Å². The summed E-state index contributed by atoms with van der Waals surface area (Å²) in [7, 11) is 0. The summed E-state index contributed by atoms with van der Waals surface area (Å²) in [4.78, 5) is 19.2. The lowest BCUT2D eigenvalue weighted by molar-refractivity contribution is -0.137. The minimum atomic E-state index is -4.42. The Balaban J connectivity index is 1.53. The molecule has 0 atom stereocenters. The van der Waals surface area contributed by atoms with Crippen LogP contribution in [0.1, 0.15) is 28.7 Å². The van der Waals surface area contributed by atoms with Gasteiger partial charge < -0.3 is 4.90 Å². The molecular weight excluding hydrogens is 419 g/mol. The van der Waals surface area contributed by atoms with Crippen LogP contribution in [0, 0.1) is 0 Å². The average molecular weight is 437 g/mol. The summed E-state index contributed by atoms with van der Waals surface area (Å²) in [6, 6.07) is 8.38. The molecule has 0 aliphatic carbocycles. The highest BCUT2D eigenvalue weighted by atomic mass is 19.4. The molecule has 6 nitrogen and oxygen atoms in total. The standard InChI is InChI=1S/C23H18F3N5O/c1-2-3-18-12-27-20-9-4-15(14-30(18)20)19-13-28-31-11-10-29(22(32)21(19)31)17-7-5-16(6-8-17)23(24,25)26/h2-9,12-14H,10-11H2,1H3/b3-2-. The molecule has 0 bridgehead atoms. The third-order valence-corrected chi connectivity index (χ3v) is 5.51. The summed E-state index contributed by atoms with van der Waals surface area (Å²) < 4.78 is 42.3. The predicted octanol–water partition coefficient (Wildman–Crippen LogP) is 4.91. The fraction of sp³-hybridized carbons (Fsp3) is 0.174. The molecular formula is C23H18F3N5O. The molecule has 1 aliphatic rings. The topological polar surface area (TPSA) is 55.4 Å². The number of hydrogen-bond acceptors (Lipinski definition) is 3. The monoisotopic (exact) mass is 437 g/mol. The van der Waals surface area contributed by atoms with E-state index in [1.165, 1.54) is 17.0 Å². The van der Waals surface area contributed by atoms with Gasteiger partial charge in [0.15, 0.2) is 0 Å². The van der Waals surface area contributed by atoms with E-state index in [4.69, 9.17) is 0 Å². The van der Waals surface area contributed by atoms with Crippen molar-refractivity contribution in [3.8, 4) is 11.1 Å². The number of aromatic nitrogens is 4. The van der Waals surface area contributed by atoms with Crippen LogP contribution in [0.5, 0.6) is 0 Å². The Hall–Kier alpha value is -3.88. The molecule has 0 saturated heterocycles. The van der Waals surface area contributed by atoms with E-state index in [-0.39, 0.29) is 5.91 Å². The third-order valence-electron chi connectivity index (χ3n) is 5.51. The number of allylic oxidation sites excluding steroid dienone is 1. The number of carbonyl (C=O) groups excluding carboxylic acids is 1. The van der Waals surface area contributed by atoms with Crippen molar-refractivity contribution in [2.24, 2.45) is 0 Å². The minimum absolute atomic E-state index is 0.303. The van der Waals surface area contributed by atoms with Crippen molar-refractivity contribution in [3.63, 3.8) is 0 Å². The van der Waals surface area contributed by atoms with Crippen LogP contribution in [0.15, 0.2) is 61.1 Å². The SMILES string of the molecule is C/C=C\c1cnc2ccc(-c3cnn4c3C(=O)N(c3ccc(C(F)(F)F)cc3)CC4)cn12. The summed E-state index contributed by atoms with van der Waals surface area (Å²) in [6.45, 7) is 2.69. The second-order valence-corrected chi connectivity index (χ2v) is 7.46. The number of nitrogens with zero attached hydrogens (tertiary/aromatic N) is 5. The highest BCUT2D eigenvalue weighted by Crippen LogP contribution is 2.33. The van der Waals surface area contributed by atoms with Crippen molar-refractivity contribution >= 4 is 23.3 Å². The number of carbonyl (C=O) groups is 1. The fourth-order valence-corrected chi connectivity index (χ4v) is 3.95. The van der Waals surface area contributed by atoms with Crippen LogP contribution < -0.4 is 4.90 Å². The zero-order chi connectivity index (χ0) is 22.5. The molecule has 0 spiro atoms. The number of hydrogen-bond donors (Lipinski definition) is 0. The Labute approximate surface area is 181 Å². The first-order chi connectivity index (χ1) is 15.4. The van der Waals surface area contributed by atoms with Crippen LogP contribution in [-0.2, 0) is 12.7 Å². The van der Waals surface area contributed by atoms with Crippen LogP contribution in [0.4, 0.5) is 18.9 Å². The number of pyridine rings is 1. The Morgan fingerprint density at radius 1 is 1.03 bits per heavy atom. The van der Waals surface area contributed by atoms with E-state index in [1.54, 1.807) is 17.1 Å². The van der Waals surface area contributed by atoms with Crippen molar-refractivity contribution in [3.05, 3.63) is 78.0 Å². The van der Waals surface area contributed by atoms with Crippen LogP contribution in [0.3, 0.4) is 0 Å². The van der Waals surface area contributed by atoms with Crippen LogP contribution >= 0.6 is 0 Å². The van der Waals surface area contributed by atoms with E-state index in [0.717, 1.165) is 29.0 Å². The summed E-state index contributed by atoms with van der Waals surface area (Å²) in [6.07, 6.45) is 4.76. The predicted molar refractivity (Wildman–Crippen MR) is 114 cm³/mol. The highest BCUT2D eigenvalue weighted by Gasteiger charge is 2.32. The van der Waals surface area contributed by atoms with Crippen LogP contribution in [0.2, 0.25) is 0 Å².